The quantitative estimate of drug-likeness (QED) is 0.484. The minimum Gasteiger partial charge on any atom is -0.448 e. The number of nitrogens with zero attached hydrogens (tertiary/aromatic N) is 7. The van der Waals surface area contributed by atoms with Crippen molar-refractivity contribution in [2.75, 3.05) is 5.73 Å². The summed E-state index contributed by atoms with van der Waals surface area (Å²) in [5.74, 6) is 0.663. The van der Waals surface area contributed by atoms with Crippen molar-refractivity contribution in [1.82, 2.24) is 34.3 Å². The summed E-state index contributed by atoms with van der Waals surface area (Å²) in [6.07, 6.45) is 4.51. The zero-order valence-electron chi connectivity index (χ0n) is 15.9. The van der Waals surface area contributed by atoms with Gasteiger partial charge >= 0.3 is 5.69 Å². The van der Waals surface area contributed by atoms with Gasteiger partial charge in [-0.05, 0) is 13.0 Å². The highest BCUT2D eigenvalue weighted by molar-refractivity contribution is 5.90. The molecule has 148 valence electrons. The highest BCUT2D eigenvalue weighted by Crippen LogP contribution is 2.33. The Morgan fingerprint density at radius 1 is 1.10 bits per heavy atom. The van der Waals surface area contributed by atoms with Gasteiger partial charge in [0.15, 0.2) is 12.0 Å². The molecule has 10 heteroatoms. The van der Waals surface area contributed by atoms with Gasteiger partial charge in [-0.15, -0.1) is 5.10 Å². The lowest BCUT2D eigenvalue weighted by Gasteiger charge is -2.11. The molecule has 10 nitrogen and oxygen atoms in total. The molecule has 2 N–H and O–H groups in total. The van der Waals surface area contributed by atoms with Crippen LogP contribution in [0.15, 0.2) is 64.4 Å². The van der Waals surface area contributed by atoms with Crippen molar-refractivity contribution in [2.45, 2.75) is 13.5 Å². The summed E-state index contributed by atoms with van der Waals surface area (Å²) in [6, 6.07) is 11.4. The summed E-state index contributed by atoms with van der Waals surface area (Å²) in [5, 5.41) is 12.4. The second-order valence-corrected chi connectivity index (χ2v) is 6.65. The predicted octanol–water partition coefficient (Wildman–Crippen LogP) is 1.94. The first-order valence-corrected chi connectivity index (χ1v) is 9.14. The molecule has 0 atom stereocenters. The summed E-state index contributed by atoms with van der Waals surface area (Å²) in [5.41, 5.74) is 9.56. The average Bonchev–Trinajstić information content (AvgIpc) is 3.32. The van der Waals surface area contributed by atoms with Crippen LogP contribution in [0.25, 0.3) is 28.0 Å². The van der Waals surface area contributed by atoms with E-state index in [1.165, 1.54) is 15.5 Å². The lowest BCUT2D eigenvalue weighted by atomic mass is 10.0. The third kappa shape index (κ3) is 2.82. The van der Waals surface area contributed by atoms with Crippen molar-refractivity contribution in [3.63, 3.8) is 0 Å². The van der Waals surface area contributed by atoms with Crippen LogP contribution in [0.2, 0.25) is 0 Å². The standard InChI is InChI=1S/C20H16N8O2/c1-12-15(22-11-30-12)10-27-20(29)28-18(26-27)16(14-7-8-23-24-9-14)17(25-19(28)21)13-5-3-2-4-6-13/h2-9,11H,10H2,1H3,(H2,21,25). The van der Waals surface area contributed by atoms with E-state index in [9.17, 15) is 4.79 Å². The minimum absolute atomic E-state index is 0.0442. The summed E-state index contributed by atoms with van der Waals surface area (Å²) in [7, 11) is 0. The van der Waals surface area contributed by atoms with E-state index in [-0.39, 0.29) is 12.5 Å². The molecule has 0 radical (unpaired) electrons. The molecule has 5 aromatic rings. The number of anilines is 1. The van der Waals surface area contributed by atoms with Crippen molar-refractivity contribution in [3.05, 3.63) is 77.1 Å². The first-order valence-electron chi connectivity index (χ1n) is 9.14. The van der Waals surface area contributed by atoms with Gasteiger partial charge in [0.1, 0.15) is 11.5 Å². The maximum atomic E-state index is 13.1. The molecule has 0 aliphatic carbocycles. The SMILES string of the molecule is Cc1ocnc1Cn1nc2c(-c3ccnnc3)c(-c3ccccc3)nc(N)n2c1=O. The molecule has 0 saturated heterocycles. The Morgan fingerprint density at radius 3 is 2.63 bits per heavy atom. The Hall–Kier alpha value is -4.34. The number of nitrogens with two attached hydrogens (primary N) is 1. The highest BCUT2D eigenvalue weighted by Gasteiger charge is 2.22. The maximum absolute atomic E-state index is 13.1. The van der Waals surface area contributed by atoms with Gasteiger partial charge in [0.25, 0.3) is 0 Å². The van der Waals surface area contributed by atoms with Crippen LogP contribution in [0.5, 0.6) is 0 Å². The molecule has 4 heterocycles. The molecule has 0 aliphatic heterocycles. The van der Waals surface area contributed by atoms with Crippen LogP contribution in [0.1, 0.15) is 11.5 Å². The second-order valence-electron chi connectivity index (χ2n) is 6.65. The zero-order chi connectivity index (χ0) is 20.7. The Labute approximate surface area is 169 Å². The Balaban J connectivity index is 1.82. The summed E-state index contributed by atoms with van der Waals surface area (Å²) < 4.78 is 7.82. The van der Waals surface area contributed by atoms with E-state index in [0.717, 1.165) is 11.1 Å². The number of aryl methyl sites for hydroxylation is 1. The van der Waals surface area contributed by atoms with Gasteiger partial charge in [-0.1, -0.05) is 30.3 Å². The van der Waals surface area contributed by atoms with E-state index >= 15 is 0 Å². The summed E-state index contributed by atoms with van der Waals surface area (Å²) in [4.78, 5) is 21.8. The van der Waals surface area contributed by atoms with Crippen LogP contribution in [-0.2, 0) is 6.54 Å². The molecular formula is C20H16N8O2. The molecule has 1 aromatic carbocycles. The molecule has 30 heavy (non-hydrogen) atoms. The van der Waals surface area contributed by atoms with Crippen LogP contribution in [0.4, 0.5) is 5.95 Å². The topological polar surface area (TPSA) is 130 Å². The third-order valence-electron chi connectivity index (χ3n) is 4.82. The normalized spacial score (nSPS) is 11.2. The van der Waals surface area contributed by atoms with E-state index in [4.69, 9.17) is 10.2 Å². The first kappa shape index (κ1) is 17.7. The van der Waals surface area contributed by atoms with Gasteiger partial charge < -0.3 is 10.2 Å². The number of hydrogen-bond acceptors (Lipinski definition) is 8. The molecule has 0 saturated carbocycles. The molecule has 0 aliphatic rings. The largest absolute Gasteiger partial charge is 0.448 e. The van der Waals surface area contributed by atoms with Crippen molar-refractivity contribution in [3.8, 4) is 22.4 Å². The van der Waals surface area contributed by atoms with Crippen LogP contribution in [-0.4, -0.2) is 34.3 Å². The van der Waals surface area contributed by atoms with E-state index < -0.39 is 5.69 Å². The fraction of sp³-hybridized carbons (Fsp3) is 0.100. The van der Waals surface area contributed by atoms with Gasteiger partial charge in [-0.2, -0.15) is 10.2 Å². The second kappa shape index (κ2) is 6.92. The number of aromatic nitrogens is 7. The zero-order valence-corrected chi connectivity index (χ0v) is 15.9. The van der Waals surface area contributed by atoms with E-state index in [1.54, 1.807) is 25.4 Å². The van der Waals surface area contributed by atoms with Crippen molar-refractivity contribution < 1.29 is 4.42 Å². The van der Waals surface area contributed by atoms with Crippen LogP contribution < -0.4 is 11.4 Å². The predicted molar refractivity (Wildman–Crippen MR) is 108 cm³/mol. The van der Waals surface area contributed by atoms with E-state index in [1.807, 2.05) is 30.3 Å². The van der Waals surface area contributed by atoms with Gasteiger partial charge in [0, 0.05) is 11.1 Å². The molecule has 4 aromatic heterocycles. The van der Waals surface area contributed by atoms with Crippen molar-refractivity contribution in [2.24, 2.45) is 0 Å². The molecule has 0 amide bonds. The summed E-state index contributed by atoms with van der Waals surface area (Å²) >= 11 is 0. The number of rotatable bonds is 4. The fourth-order valence-electron chi connectivity index (χ4n) is 3.34. The fourth-order valence-corrected chi connectivity index (χ4v) is 3.34. The van der Waals surface area contributed by atoms with Gasteiger partial charge in [-0.3, -0.25) is 0 Å². The Morgan fingerprint density at radius 2 is 1.93 bits per heavy atom. The van der Waals surface area contributed by atoms with Gasteiger partial charge in [0.05, 0.1) is 30.2 Å². The van der Waals surface area contributed by atoms with E-state index in [2.05, 4.69) is 25.3 Å². The third-order valence-corrected chi connectivity index (χ3v) is 4.82. The van der Waals surface area contributed by atoms with Crippen molar-refractivity contribution >= 4 is 11.6 Å². The molecule has 0 spiro atoms. The summed E-state index contributed by atoms with van der Waals surface area (Å²) in [6.45, 7) is 1.93. The smallest absolute Gasteiger partial charge is 0.353 e. The van der Waals surface area contributed by atoms with Crippen LogP contribution in [0, 0.1) is 6.92 Å². The van der Waals surface area contributed by atoms with Crippen LogP contribution in [0.3, 0.4) is 0 Å². The Bertz CT molecular complexity index is 1400. The Kier molecular flexibility index (Phi) is 4.09. The van der Waals surface area contributed by atoms with Gasteiger partial charge in [0.2, 0.25) is 5.95 Å². The highest BCUT2D eigenvalue weighted by atomic mass is 16.3. The first-order chi connectivity index (χ1) is 14.6. The minimum atomic E-state index is -0.416. The molecule has 0 unspecified atom stereocenters. The van der Waals surface area contributed by atoms with Crippen molar-refractivity contribution in [1.29, 1.82) is 0 Å². The van der Waals surface area contributed by atoms with Gasteiger partial charge in [-0.25, -0.2) is 23.8 Å². The molecule has 5 rings (SSSR count). The maximum Gasteiger partial charge on any atom is 0.353 e. The molecule has 0 bridgehead atoms. The monoisotopic (exact) mass is 400 g/mol. The van der Waals surface area contributed by atoms with E-state index in [0.29, 0.717) is 28.4 Å². The number of oxazole rings is 1. The van der Waals surface area contributed by atoms with Crippen LogP contribution >= 0.6 is 0 Å². The average molecular weight is 400 g/mol. The lowest BCUT2D eigenvalue weighted by Crippen LogP contribution is -2.24. The number of nitrogen functional groups attached to an aromatic ring is 1. The number of benzene rings is 1. The lowest BCUT2D eigenvalue weighted by molar-refractivity contribution is 0.521. The molecule has 0 fully saturated rings. The number of fused-ring (bicyclic) bond motifs is 1. The molecular weight excluding hydrogens is 384 g/mol. The number of hydrogen-bond donors (Lipinski definition) is 1.